The van der Waals surface area contributed by atoms with Gasteiger partial charge in [-0.15, -0.1) is 0 Å². The first-order valence-corrected chi connectivity index (χ1v) is 12.2. The van der Waals surface area contributed by atoms with Crippen molar-refractivity contribution in [2.45, 2.75) is 18.2 Å². The van der Waals surface area contributed by atoms with E-state index in [1.54, 1.807) is 31.2 Å². The number of ether oxygens (including phenoxy) is 1. The summed E-state index contributed by atoms with van der Waals surface area (Å²) < 4.78 is 38.7. The smallest absolute Gasteiger partial charge is 0.343 e. The molecule has 4 aromatic rings. The van der Waals surface area contributed by atoms with Gasteiger partial charge in [-0.05, 0) is 60.9 Å². The van der Waals surface area contributed by atoms with E-state index in [1.165, 1.54) is 34.6 Å². The van der Waals surface area contributed by atoms with Crippen LogP contribution >= 0.6 is 11.6 Å². The zero-order valence-corrected chi connectivity index (χ0v) is 19.5. The van der Waals surface area contributed by atoms with Crippen molar-refractivity contribution in [1.82, 2.24) is 0 Å². The van der Waals surface area contributed by atoms with Gasteiger partial charge in [-0.3, -0.25) is 4.31 Å². The largest absolute Gasteiger partial charge is 0.423 e. The molecule has 0 bridgehead atoms. The molecule has 34 heavy (non-hydrogen) atoms. The lowest BCUT2D eigenvalue weighted by atomic mass is 10.1. The fourth-order valence-corrected chi connectivity index (χ4v) is 6.05. The summed E-state index contributed by atoms with van der Waals surface area (Å²) in [6, 6.07) is 17.3. The van der Waals surface area contributed by atoms with E-state index in [1.807, 2.05) is 12.1 Å². The van der Waals surface area contributed by atoms with Gasteiger partial charge in [0, 0.05) is 24.1 Å². The van der Waals surface area contributed by atoms with E-state index < -0.39 is 21.6 Å². The van der Waals surface area contributed by atoms with E-state index in [9.17, 15) is 18.0 Å². The fraction of sp³-hybridized carbons (Fsp3) is 0.120. The van der Waals surface area contributed by atoms with Gasteiger partial charge in [-0.25, -0.2) is 18.0 Å². The molecule has 172 valence electrons. The maximum absolute atomic E-state index is 13.4. The summed E-state index contributed by atoms with van der Waals surface area (Å²) in [6.07, 6.45) is 0.590. The molecule has 1 aliphatic heterocycles. The van der Waals surface area contributed by atoms with Crippen LogP contribution in [0.4, 0.5) is 5.69 Å². The predicted octanol–water partition coefficient (Wildman–Crippen LogP) is 4.73. The number of rotatable bonds is 4. The second kappa shape index (κ2) is 8.30. The average molecular weight is 496 g/mol. The van der Waals surface area contributed by atoms with E-state index in [-0.39, 0.29) is 33.4 Å². The summed E-state index contributed by atoms with van der Waals surface area (Å²) in [7, 11) is -4.01. The summed E-state index contributed by atoms with van der Waals surface area (Å²) >= 11 is 6.25. The summed E-state index contributed by atoms with van der Waals surface area (Å²) in [5, 5.41) is 0.717. The van der Waals surface area contributed by atoms with E-state index >= 15 is 0 Å². The summed E-state index contributed by atoms with van der Waals surface area (Å²) in [6.45, 7) is 2.06. The zero-order chi connectivity index (χ0) is 24.0. The second-order valence-corrected chi connectivity index (χ2v) is 10.1. The number of esters is 1. The molecule has 1 aliphatic rings. The first-order chi connectivity index (χ1) is 16.2. The summed E-state index contributed by atoms with van der Waals surface area (Å²) in [5.74, 6) is -0.622. The van der Waals surface area contributed by atoms with Crippen LogP contribution in [0.15, 0.2) is 80.8 Å². The molecule has 5 rings (SSSR count). The maximum atomic E-state index is 13.4. The number of halogens is 1. The first kappa shape index (κ1) is 22.2. The highest BCUT2D eigenvalue weighted by molar-refractivity contribution is 7.93. The molecule has 0 spiro atoms. The van der Waals surface area contributed by atoms with Crippen molar-refractivity contribution in [3.05, 3.63) is 98.9 Å². The molecule has 0 amide bonds. The minimum atomic E-state index is -4.01. The van der Waals surface area contributed by atoms with Gasteiger partial charge in [0.05, 0.1) is 16.3 Å². The Bertz CT molecular complexity index is 1630. The standard InChI is InChI=1S/C25H18ClNO6S/c1-15-12-24(28)33-22-14-18(7-8-19(15)22)32-25(29)17-6-9-20(26)23(13-17)34(30,31)27-11-10-16-4-2-3-5-21(16)27/h2-9,12-14H,10-11H2,1H3. The van der Waals surface area contributed by atoms with Crippen LogP contribution < -0.4 is 14.7 Å². The number of hydrogen-bond acceptors (Lipinski definition) is 6. The maximum Gasteiger partial charge on any atom is 0.343 e. The van der Waals surface area contributed by atoms with Crippen molar-refractivity contribution < 1.29 is 22.4 Å². The number of fused-ring (bicyclic) bond motifs is 2. The average Bonchev–Trinajstić information content (AvgIpc) is 3.24. The van der Waals surface area contributed by atoms with Crippen LogP contribution in [0.25, 0.3) is 11.0 Å². The molecular formula is C25H18ClNO6S. The van der Waals surface area contributed by atoms with Crippen molar-refractivity contribution in [2.24, 2.45) is 0 Å². The van der Waals surface area contributed by atoms with Crippen LogP contribution in [-0.2, 0) is 16.4 Å². The highest BCUT2D eigenvalue weighted by Crippen LogP contribution is 2.35. The highest BCUT2D eigenvalue weighted by atomic mass is 35.5. The van der Waals surface area contributed by atoms with Gasteiger partial charge < -0.3 is 9.15 Å². The summed E-state index contributed by atoms with van der Waals surface area (Å²) in [4.78, 5) is 24.3. The van der Waals surface area contributed by atoms with Gasteiger partial charge in [0.1, 0.15) is 16.2 Å². The number of sulfonamides is 1. The third kappa shape index (κ3) is 3.85. The first-order valence-electron chi connectivity index (χ1n) is 10.4. The van der Waals surface area contributed by atoms with Crippen LogP contribution in [0.5, 0.6) is 5.75 Å². The Kier molecular flexibility index (Phi) is 5.42. The van der Waals surface area contributed by atoms with Crippen LogP contribution in [-0.4, -0.2) is 20.9 Å². The molecule has 0 saturated carbocycles. The molecule has 3 aromatic carbocycles. The van der Waals surface area contributed by atoms with Crippen molar-refractivity contribution in [3.63, 3.8) is 0 Å². The number of benzene rings is 3. The number of carbonyl (C=O) groups excluding carboxylic acids is 1. The minimum absolute atomic E-state index is 0.00360. The number of aryl methyl sites for hydroxylation is 1. The number of nitrogens with zero attached hydrogens (tertiary/aromatic N) is 1. The number of para-hydroxylation sites is 1. The number of hydrogen-bond donors (Lipinski definition) is 0. The number of carbonyl (C=O) groups is 1. The van der Waals surface area contributed by atoms with Crippen molar-refractivity contribution >= 4 is 44.3 Å². The molecule has 0 fully saturated rings. The molecule has 9 heteroatoms. The lowest BCUT2D eigenvalue weighted by Crippen LogP contribution is -2.29. The molecule has 7 nitrogen and oxygen atoms in total. The summed E-state index contributed by atoms with van der Waals surface area (Å²) in [5.41, 5.74) is 2.05. The lowest BCUT2D eigenvalue weighted by Gasteiger charge is -2.20. The van der Waals surface area contributed by atoms with E-state index in [2.05, 4.69) is 0 Å². The Morgan fingerprint density at radius 2 is 1.85 bits per heavy atom. The lowest BCUT2D eigenvalue weighted by molar-refractivity contribution is 0.0734. The van der Waals surface area contributed by atoms with Crippen LogP contribution in [0, 0.1) is 6.92 Å². The van der Waals surface area contributed by atoms with Crippen molar-refractivity contribution in [1.29, 1.82) is 0 Å². The Hall–Kier alpha value is -3.62. The monoisotopic (exact) mass is 495 g/mol. The number of anilines is 1. The molecule has 0 aliphatic carbocycles. The quantitative estimate of drug-likeness (QED) is 0.231. The Labute approximate surface area is 200 Å². The Morgan fingerprint density at radius 3 is 2.68 bits per heavy atom. The third-order valence-corrected chi connectivity index (χ3v) is 8.01. The predicted molar refractivity (Wildman–Crippen MR) is 128 cm³/mol. The Balaban J connectivity index is 1.46. The molecule has 0 unspecified atom stereocenters. The highest BCUT2D eigenvalue weighted by Gasteiger charge is 2.32. The topological polar surface area (TPSA) is 93.9 Å². The third-order valence-electron chi connectivity index (χ3n) is 5.71. The van der Waals surface area contributed by atoms with Crippen molar-refractivity contribution in [3.8, 4) is 5.75 Å². The fourth-order valence-electron chi connectivity index (χ4n) is 4.04. The molecule has 2 heterocycles. The van der Waals surface area contributed by atoms with E-state index in [0.717, 1.165) is 11.1 Å². The Morgan fingerprint density at radius 1 is 1.06 bits per heavy atom. The SMILES string of the molecule is Cc1cc(=O)oc2cc(OC(=O)c3ccc(Cl)c(S(=O)(=O)N4CCc5ccccc54)c3)ccc12. The normalized spacial score (nSPS) is 13.2. The second-order valence-electron chi connectivity index (χ2n) is 7.90. The molecule has 0 saturated heterocycles. The van der Waals surface area contributed by atoms with Crippen LogP contribution in [0.2, 0.25) is 5.02 Å². The molecule has 0 atom stereocenters. The zero-order valence-electron chi connectivity index (χ0n) is 17.9. The molecule has 0 N–H and O–H groups in total. The van der Waals surface area contributed by atoms with Gasteiger partial charge in [-0.2, -0.15) is 0 Å². The molecule has 0 radical (unpaired) electrons. The van der Waals surface area contributed by atoms with Crippen LogP contribution in [0.3, 0.4) is 0 Å². The van der Waals surface area contributed by atoms with Gasteiger partial charge >= 0.3 is 11.6 Å². The van der Waals surface area contributed by atoms with E-state index in [4.69, 9.17) is 20.8 Å². The van der Waals surface area contributed by atoms with Gasteiger partial charge in [0.15, 0.2) is 0 Å². The molecular weight excluding hydrogens is 478 g/mol. The van der Waals surface area contributed by atoms with Crippen molar-refractivity contribution in [2.75, 3.05) is 10.8 Å². The minimum Gasteiger partial charge on any atom is -0.423 e. The van der Waals surface area contributed by atoms with E-state index in [0.29, 0.717) is 17.5 Å². The van der Waals surface area contributed by atoms with Gasteiger partial charge in [0.25, 0.3) is 10.0 Å². The van der Waals surface area contributed by atoms with Crippen LogP contribution in [0.1, 0.15) is 21.5 Å². The van der Waals surface area contributed by atoms with Gasteiger partial charge in [0.2, 0.25) is 0 Å². The van der Waals surface area contributed by atoms with Gasteiger partial charge in [-0.1, -0.05) is 29.8 Å². The molecule has 1 aromatic heterocycles.